The van der Waals surface area contributed by atoms with Crippen molar-refractivity contribution in [2.75, 3.05) is 32.8 Å². The quantitative estimate of drug-likeness (QED) is 0.0453. The lowest BCUT2D eigenvalue weighted by Gasteiger charge is -2.26. The number of aliphatic hydroxyl groups excluding tert-OH is 2. The SMILES string of the molecule is NC(=O)CNC(=O)C(Cc1c[nH]c2ccccc12)NC(=O)C(CO)NC(=O)C(CO)NC(=O)C(Cc1ccccc1)NC(=O)CNC(=O)C1CCCN1C(=O)C(N)CC(=O)O. The fourth-order valence-corrected chi connectivity index (χ4v) is 6.61. The number of nitrogens with two attached hydrogens (primary N) is 2. The fraction of sp³-hybridized carbons (Fsp3) is 0.410. The van der Waals surface area contributed by atoms with Crippen molar-refractivity contribution in [3.05, 3.63) is 71.9 Å². The number of primary amides is 1. The molecule has 1 aromatic heterocycles. The fourth-order valence-electron chi connectivity index (χ4n) is 6.61. The summed E-state index contributed by atoms with van der Waals surface area (Å²) in [6, 6.07) is 7.06. The van der Waals surface area contributed by atoms with E-state index in [4.69, 9.17) is 16.6 Å². The van der Waals surface area contributed by atoms with Gasteiger partial charge in [-0.05, 0) is 30.0 Å². The van der Waals surface area contributed by atoms with Crippen LogP contribution in [0.2, 0.25) is 0 Å². The first-order valence-corrected chi connectivity index (χ1v) is 19.2. The monoisotopic (exact) mass is 850 g/mol. The minimum atomic E-state index is -1.72. The lowest BCUT2D eigenvalue weighted by Crippen LogP contribution is -2.60. The van der Waals surface area contributed by atoms with Gasteiger partial charge in [0.05, 0.1) is 38.8 Å². The molecule has 1 fully saturated rings. The van der Waals surface area contributed by atoms with E-state index in [0.717, 1.165) is 15.8 Å². The number of hydrogen-bond donors (Lipinski definition) is 12. The zero-order chi connectivity index (χ0) is 44.6. The van der Waals surface area contributed by atoms with Crippen LogP contribution in [0, 0.1) is 0 Å². The highest BCUT2D eigenvalue weighted by Gasteiger charge is 2.37. The highest BCUT2D eigenvalue weighted by molar-refractivity contribution is 5.97. The maximum Gasteiger partial charge on any atom is 0.305 e. The number of H-pyrrole nitrogens is 1. The zero-order valence-corrected chi connectivity index (χ0v) is 32.9. The molecule has 328 valence electrons. The molecule has 1 aliphatic rings. The lowest BCUT2D eigenvalue weighted by atomic mass is 10.0. The van der Waals surface area contributed by atoms with E-state index < -0.39 is 122 Å². The van der Waals surface area contributed by atoms with Gasteiger partial charge in [0.15, 0.2) is 0 Å². The molecule has 6 unspecified atom stereocenters. The second-order valence-electron chi connectivity index (χ2n) is 14.2. The normalized spacial score (nSPS) is 15.9. The predicted octanol–water partition coefficient (Wildman–Crippen LogP) is -4.61. The number of fused-ring (bicyclic) bond motifs is 1. The van der Waals surface area contributed by atoms with Crippen LogP contribution in [0.3, 0.4) is 0 Å². The number of carboxylic acids is 1. The van der Waals surface area contributed by atoms with E-state index in [9.17, 15) is 53.4 Å². The average molecular weight is 851 g/mol. The summed E-state index contributed by atoms with van der Waals surface area (Å²) in [6.45, 7) is -3.00. The Morgan fingerprint density at radius 1 is 0.738 bits per heavy atom. The molecule has 3 aromatic rings. The second-order valence-corrected chi connectivity index (χ2v) is 14.2. The van der Waals surface area contributed by atoms with Gasteiger partial charge in [-0.3, -0.25) is 43.2 Å². The van der Waals surface area contributed by atoms with E-state index in [-0.39, 0.29) is 25.8 Å². The van der Waals surface area contributed by atoms with Gasteiger partial charge in [0.2, 0.25) is 47.3 Å². The summed E-state index contributed by atoms with van der Waals surface area (Å²) in [7, 11) is 0. The molecule has 6 atom stereocenters. The van der Waals surface area contributed by atoms with Crippen molar-refractivity contribution >= 4 is 64.1 Å². The summed E-state index contributed by atoms with van der Waals surface area (Å²) in [5.74, 6) is -8.29. The summed E-state index contributed by atoms with van der Waals surface area (Å²) in [5, 5.41) is 44.2. The number of amides is 8. The van der Waals surface area contributed by atoms with Crippen LogP contribution in [-0.2, 0) is 56.0 Å². The molecule has 14 N–H and O–H groups in total. The van der Waals surface area contributed by atoms with Crippen LogP contribution in [0.25, 0.3) is 10.9 Å². The van der Waals surface area contributed by atoms with Gasteiger partial charge in [0.25, 0.3) is 0 Å². The number of nitrogens with zero attached hydrogens (tertiary/aromatic N) is 1. The number of rotatable bonds is 22. The van der Waals surface area contributed by atoms with Crippen molar-refractivity contribution < 1.29 is 58.5 Å². The Morgan fingerprint density at radius 3 is 1.95 bits per heavy atom. The van der Waals surface area contributed by atoms with Crippen molar-refractivity contribution in [1.29, 1.82) is 0 Å². The summed E-state index contributed by atoms with van der Waals surface area (Å²) < 4.78 is 0. The second kappa shape index (κ2) is 22.5. The van der Waals surface area contributed by atoms with Crippen LogP contribution in [0.15, 0.2) is 60.8 Å². The molecule has 0 bridgehead atoms. The number of para-hydroxylation sites is 1. The van der Waals surface area contributed by atoms with E-state index in [0.29, 0.717) is 17.5 Å². The molecule has 22 nitrogen and oxygen atoms in total. The Balaban J connectivity index is 1.40. The molecule has 0 aliphatic carbocycles. The molecular formula is C39H50N10O12. The van der Waals surface area contributed by atoms with Gasteiger partial charge in [-0.25, -0.2) is 0 Å². The van der Waals surface area contributed by atoms with Gasteiger partial charge in [-0.15, -0.1) is 0 Å². The first-order chi connectivity index (χ1) is 29.1. The van der Waals surface area contributed by atoms with Crippen LogP contribution in [0.5, 0.6) is 0 Å². The molecule has 0 spiro atoms. The summed E-state index contributed by atoms with van der Waals surface area (Å²) in [5.41, 5.74) is 12.8. The van der Waals surface area contributed by atoms with Crippen molar-refractivity contribution in [3.63, 3.8) is 0 Å². The largest absolute Gasteiger partial charge is 0.481 e. The minimum absolute atomic E-state index is 0.0814. The molecule has 1 aliphatic heterocycles. The summed E-state index contributed by atoms with van der Waals surface area (Å²) in [4.78, 5) is 119. The average Bonchev–Trinajstić information content (AvgIpc) is 3.90. The predicted molar refractivity (Wildman–Crippen MR) is 214 cm³/mol. The number of nitrogens with one attached hydrogen (secondary N) is 7. The molecule has 61 heavy (non-hydrogen) atoms. The number of carbonyl (C=O) groups excluding carboxylic acids is 8. The van der Waals surface area contributed by atoms with Crippen LogP contribution in [-0.4, -0.2) is 148 Å². The molecule has 0 saturated carbocycles. The number of carboxylic acid groups (broad SMARTS) is 1. The number of aliphatic hydroxyl groups is 2. The van der Waals surface area contributed by atoms with Gasteiger partial charge < -0.3 is 68.6 Å². The topological polar surface area (TPSA) is 358 Å². The first kappa shape index (κ1) is 46.8. The van der Waals surface area contributed by atoms with Crippen LogP contribution < -0.4 is 43.4 Å². The number of benzene rings is 2. The van der Waals surface area contributed by atoms with Gasteiger partial charge in [0, 0.05) is 36.5 Å². The molecule has 2 aromatic carbocycles. The summed E-state index contributed by atoms with van der Waals surface area (Å²) >= 11 is 0. The standard InChI is InChI=1S/C39H50N10O12/c40-24(15-33(54)55)39(61)49-12-6-11-30(49)38(60)44-18-32(53)45-26(13-21-7-2-1-3-8-21)35(57)47-29(20-51)37(59)48-28(19-50)36(58)46-27(34(56)43-17-31(41)52)14-22-16-42-25-10-5-4-9-23(22)25/h1-5,7-10,16,24,26-30,42,50-51H,6,11-15,17-20,40H2,(H2,41,52)(H,43,56)(H,44,60)(H,45,53)(H,46,58)(H,47,57)(H,48,59)(H,54,55). The Kier molecular flexibility index (Phi) is 17.2. The van der Waals surface area contributed by atoms with E-state index in [1.165, 1.54) is 0 Å². The van der Waals surface area contributed by atoms with Crippen LogP contribution in [0.4, 0.5) is 0 Å². The number of aliphatic carboxylic acids is 1. The third-order valence-corrected chi connectivity index (χ3v) is 9.71. The number of likely N-dealkylation sites (tertiary alicyclic amines) is 1. The van der Waals surface area contributed by atoms with Crippen LogP contribution in [0.1, 0.15) is 30.4 Å². The smallest absolute Gasteiger partial charge is 0.305 e. The van der Waals surface area contributed by atoms with Gasteiger partial charge in [-0.1, -0.05) is 48.5 Å². The molecule has 1 saturated heterocycles. The lowest BCUT2D eigenvalue weighted by molar-refractivity contribution is -0.144. The van der Waals surface area contributed by atoms with Crippen molar-refractivity contribution in [2.24, 2.45) is 11.5 Å². The molecule has 0 radical (unpaired) electrons. The first-order valence-electron chi connectivity index (χ1n) is 19.2. The van der Waals surface area contributed by atoms with Crippen molar-refractivity contribution in [3.8, 4) is 0 Å². The van der Waals surface area contributed by atoms with Crippen molar-refractivity contribution in [1.82, 2.24) is 41.8 Å². The van der Waals surface area contributed by atoms with Gasteiger partial charge in [-0.2, -0.15) is 0 Å². The van der Waals surface area contributed by atoms with Gasteiger partial charge >= 0.3 is 5.97 Å². The van der Waals surface area contributed by atoms with Crippen LogP contribution >= 0.6 is 0 Å². The summed E-state index contributed by atoms with van der Waals surface area (Å²) in [6.07, 6.45) is 1.46. The maximum absolute atomic E-state index is 13.6. The molecular weight excluding hydrogens is 800 g/mol. The Bertz CT molecular complexity index is 2080. The van der Waals surface area contributed by atoms with E-state index >= 15 is 0 Å². The third-order valence-electron chi connectivity index (χ3n) is 9.71. The van der Waals surface area contributed by atoms with E-state index in [2.05, 4.69) is 36.9 Å². The molecule has 22 heteroatoms. The highest BCUT2D eigenvalue weighted by atomic mass is 16.4. The number of carbonyl (C=O) groups is 9. The minimum Gasteiger partial charge on any atom is -0.481 e. The number of hydrogen-bond acceptors (Lipinski definition) is 12. The van der Waals surface area contributed by atoms with Crippen molar-refractivity contribution in [2.45, 2.75) is 68.4 Å². The van der Waals surface area contributed by atoms with E-state index in [1.807, 2.05) is 0 Å². The molecule has 8 amide bonds. The Hall–Kier alpha value is -6.91. The Labute approximate surface area is 348 Å². The maximum atomic E-state index is 13.6. The van der Waals surface area contributed by atoms with E-state index in [1.54, 1.807) is 60.8 Å². The number of aromatic nitrogens is 1. The molecule has 4 rings (SSSR count). The third kappa shape index (κ3) is 13.6. The highest BCUT2D eigenvalue weighted by Crippen LogP contribution is 2.20. The number of aromatic amines is 1. The Morgan fingerprint density at radius 2 is 1.33 bits per heavy atom. The zero-order valence-electron chi connectivity index (χ0n) is 32.9. The van der Waals surface area contributed by atoms with Gasteiger partial charge in [0.1, 0.15) is 30.2 Å². The molecule has 2 heterocycles.